The van der Waals surface area contributed by atoms with Crippen LogP contribution in [0.15, 0.2) is 47.4 Å². The first-order valence-electron chi connectivity index (χ1n) is 15.3. The molecule has 1 aliphatic heterocycles. The minimum Gasteiger partial charge on any atom is -0.490 e. The number of halogens is 1. The Labute approximate surface area is 263 Å². The predicted molar refractivity (Wildman–Crippen MR) is 169 cm³/mol. The monoisotopic (exact) mass is 619 g/mol. The normalized spacial score (nSPS) is 20.1. The molecule has 3 aromatic rings. The number of aryl methyl sites for hydroxylation is 3. The lowest BCUT2D eigenvalue weighted by Gasteiger charge is -2.33. The van der Waals surface area contributed by atoms with E-state index in [0.717, 1.165) is 0 Å². The molecule has 1 saturated carbocycles. The molecule has 0 bridgehead atoms. The van der Waals surface area contributed by atoms with Crippen LogP contribution < -0.4 is 15.0 Å². The fourth-order valence-corrected chi connectivity index (χ4v) is 6.14. The highest BCUT2D eigenvalue weighted by molar-refractivity contribution is 6.06. The zero-order chi connectivity index (χ0) is 33.0. The smallest absolute Gasteiger partial charge is 0.327 e. The molecule has 10 heteroatoms. The number of hydrogen-bond donors (Lipinski definition) is 1. The van der Waals surface area contributed by atoms with Gasteiger partial charge in [-0.1, -0.05) is 6.07 Å². The van der Waals surface area contributed by atoms with Crippen molar-refractivity contribution < 1.29 is 28.6 Å². The van der Waals surface area contributed by atoms with Crippen molar-refractivity contribution in [3.8, 4) is 28.4 Å². The summed E-state index contributed by atoms with van der Waals surface area (Å²) < 4.78 is 28.5. The second-order valence-corrected chi connectivity index (χ2v) is 13.4. The van der Waals surface area contributed by atoms with Gasteiger partial charge in [-0.2, -0.15) is 0 Å². The van der Waals surface area contributed by atoms with Crippen LogP contribution in [0.3, 0.4) is 0 Å². The number of carbonyl (C=O) groups is 2. The van der Waals surface area contributed by atoms with Crippen molar-refractivity contribution >= 4 is 11.9 Å². The topological polar surface area (TPSA) is 101 Å². The fourth-order valence-electron chi connectivity index (χ4n) is 6.14. The maximum absolute atomic E-state index is 14.1. The van der Waals surface area contributed by atoms with Gasteiger partial charge in [-0.05, 0) is 108 Å². The molecule has 0 spiro atoms. The Morgan fingerprint density at radius 2 is 1.53 bits per heavy atom. The molecule has 1 N–H and O–H groups in total. The van der Waals surface area contributed by atoms with Gasteiger partial charge in [0.1, 0.15) is 28.6 Å². The minimum atomic E-state index is -1.16. The number of ether oxygens (including phenoxy) is 2. The Kier molecular flexibility index (Phi) is 8.33. The highest BCUT2D eigenvalue weighted by Gasteiger charge is 2.52. The average molecular weight is 620 g/mol. The van der Waals surface area contributed by atoms with Gasteiger partial charge in [0.05, 0.1) is 11.7 Å². The Balaban J connectivity index is 1.48. The van der Waals surface area contributed by atoms with Crippen LogP contribution in [0.1, 0.15) is 70.1 Å². The van der Waals surface area contributed by atoms with Crippen LogP contribution in [0.5, 0.6) is 17.2 Å². The lowest BCUT2D eigenvalue weighted by molar-refractivity contribution is -0.133. The number of aliphatic hydroxyl groups is 1. The molecule has 5 rings (SSSR count). The van der Waals surface area contributed by atoms with Gasteiger partial charge in [0.25, 0.3) is 11.5 Å². The van der Waals surface area contributed by atoms with Crippen molar-refractivity contribution in [1.29, 1.82) is 0 Å². The number of nitrogens with zero attached hydrogens (tertiary/aromatic N) is 3. The largest absolute Gasteiger partial charge is 0.490 e. The molecule has 240 valence electrons. The van der Waals surface area contributed by atoms with Crippen molar-refractivity contribution in [1.82, 2.24) is 14.4 Å². The number of rotatable bonds is 7. The third-order valence-electron chi connectivity index (χ3n) is 9.18. The molecule has 3 amide bonds. The van der Waals surface area contributed by atoms with Crippen LogP contribution in [0.25, 0.3) is 11.1 Å². The standard InChI is InChI=1S/C35H42FN3O6/c1-20-15-23(36)16-21(2)31(20)45-28-14-9-22(35(5,6)43)17-26(28)27-19-37(7)30(40)18-29(27)44-25-12-10-24(11-13-25)39-32(41)34(3,4)38(8)33(39)42/h9,14-19,24-25,43H,10-13H2,1-8H3. The van der Waals surface area contributed by atoms with Gasteiger partial charge in [0.2, 0.25) is 0 Å². The maximum Gasteiger partial charge on any atom is 0.327 e. The Morgan fingerprint density at radius 1 is 0.911 bits per heavy atom. The highest BCUT2D eigenvalue weighted by Crippen LogP contribution is 2.43. The lowest BCUT2D eigenvalue weighted by Crippen LogP contribution is -2.45. The van der Waals surface area contributed by atoms with E-state index in [1.54, 1.807) is 74.0 Å². The number of pyridine rings is 1. The third-order valence-corrected chi connectivity index (χ3v) is 9.18. The van der Waals surface area contributed by atoms with E-state index in [1.807, 2.05) is 6.07 Å². The van der Waals surface area contributed by atoms with Crippen LogP contribution >= 0.6 is 0 Å². The van der Waals surface area contributed by atoms with E-state index in [2.05, 4.69) is 0 Å². The molecule has 0 unspecified atom stereocenters. The molecule has 1 saturated heterocycles. The molecule has 1 aliphatic carbocycles. The maximum atomic E-state index is 14.1. The molecule has 2 aliphatic rings. The molecule has 0 atom stereocenters. The first kappa shape index (κ1) is 32.2. The van der Waals surface area contributed by atoms with E-state index in [9.17, 15) is 23.9 Å². The number of carbonyl (C=O) groups excluding carboxylic acids is 2. The van der Waals surface area contributed by atoms with E-state index >= 15 is 0 Å². The molecule has 2 aromatic carbocycles. The van der Waals surface area contributed by atoms with Crippen molar-refractivity contribution in [2.75, 3.05) is 7.05 Å². The third kappa shape index (κ3) is 6.08. The lowest BCUT2D eigenvalue weighted by atomic mass is 9.91. The summed E-state index contributed by atoms with van der Waals surface area (Å²) >= 11 is 0. The van der Waals surface area contributed by atoms with Crippen molar-refractivity contribution in [2.45, 2.75) is 90.5 Å². The van der Waals surface area contributed by atoms with E-state index in [4.69, 9.17) is 9.47 Å². The van der Waals surface area contributed by atoms with Gasteiger partial charge in [-0.25, -0.2) is 9.18 Å². The Bertz CT molecular complexity index is 1690. The fraction of sp³-hybridized carbons (Fsp3) is 0.457. The molecular formula is C35H42FN3O6. The van der Waals surface area contributed by atoms with Crippen LogP contribution in [0.2, 0.25) is 0 Å². The number of imide groups is 1. The summed E-state index contributed by atoms with van der Waals surface area (Å²) in [5.41, 5.74) is 0.763. The molecule has 1 aromatic heterocycles. The number of aromatic nitrogens is 1. The summed E-state index contributed by atoms with van der Waals surface area (Å²) in [6.45, 7) is 10.4. The van der Waals surface area contributed by atoms with E-state index < -0.39 is 11.1 Å². The van der Waals surface area contributed by atoms with E-state index in [1.165, 1.54) is 32.6 Å². The first-order valence-corrected chi connectivity index (χ1v) is 15.3. The number of hydrogen-bond acceptors (Lipinski definition) is 6. The number of benzene rings is 2. The van der Waals surface area contributed by atoms with Gasteiger partial charge in [0.15, 0.2) is 0 Å². The molecule has 2 heterocycles. The van der Waals surface area contributed by atoms with Crippen molar-refractivity contribution in [3.63, 3.8) is 0 Å². The SMILES string of the molecule is Cc1cc(F)cc(C)c1Oc1ccc(C(C)(C)O)cc1-c1cn(C)c(=O)cc1OC1CCC(N2C(=O)N(C)C(C)(C)C2=O)CC1. The van der Waals surface area contributed by atoms with E-state index in [0.29, 0.717) is 70.7 Å². The molecule has 0 radical (unpaired) electrons. The van der Waals surface area contributed by atoms with Gasteiger partial charge in [-0.15, -0.1) is 0 Å². The Morgan fingerprint density at radius 3 is 2.09 bits per heavy atom. The first-order chi connectivity index (χ1) is 21.0. The molecule has 9 nitrogen and oxygen atoms in total. The quantitative estimate of drug-likeness (QED) is 0.317. The van der Waals surface area contributed by atoms with Crippen LogP contribution in [-0.2, 0) is 17.4 Å². The summed E-state index contributed by atoms with van der Waals surface area (Å²) in [5, 5.41) is 10.9. The molecular weight excluding hydrogens is 577 g/mol. The van der Waals surface area contributed by atoms with Crippen molar-refractivity contribution in [2.24, 2.45) is 7.05 Å². The summed E-state index contributed by atoms with van der Waals surface area (Å²) in [7, 11) is 3.30. The zero-order valence-electron chi connectivity index (χ0n) is 27.2. The number of urea groups is 1. The zero-order valence-corrected chi connectivity index (χ0v) is 27.2. The highest BCUT2D eigenvalue weighted by atomic mass is 19.1. The second kappa shape index (κ2) is 11.6. The van der Waals surface area contributed by atoms with Crippen molar-refractivity contribution in [3.05, 3.63) is 75.5 Å². The van der Waals surface area contributed by atoms with E-state index in [-0.39, 0.29) is 35.5 Å². The Hall–Kier alpha value is -4.18. The van der Waals surface area contributed by atoms with Crippen LogP contribution in [0, 0.1) is 19.7 Å². The summed E-state index contributed by atoms with van der Waals surface area (Å²) in [6.07, 6.45) is 3.76. The van der Waals surface area contributed by atoms with Gasteiger partial charge in [-0.3, -0.25) is 14.5 Å². The average Bonchev–Trinajstić information content (AvgIpc) is 3.11. The number of likely N-dealkylation sites (N-methyl/N-ethyl adjacent to an activating group) is 1. The minimum absolute atomic E-state index is 0.195. The van der Waals surface area contributed by atoms with Crippen LogP contribution in [0.4, 0.5) is 9.18 Å². The second-order valence-electron chi connectivity index (χ2n) is 13.4. The summed E-state index contributed by atoms with van der Waals surface area (Å²) in [6, 6.07) is 9.11. The molecule has 2 fully saturated rings. The summed E-state index contributed by atoms with van der Waals surface area (Å²) in [4.78, 5) is 41.7. The summed E-state index contributed by atoms with van der Waals surface area (Å²) in [5.74, 6) is 0.776. The van der Waals surface area contributed by atoms with Crippen LogP contribution in [-0.4, -0.2) is 56.1 Å². The molecule has 45 heavy (non-hydrogen) atoms. The van der Waals surface area contributed by atoms with Gasteiger partial charge >= 0.3 is 6.03 Å². The predicted octanol–water partition coefficient (Wildman–Crippen LogP) is 6.19. The van der Waals surface area contributed by atoms with Gasteiger partial charge < -0.3 is 24.0 Å². The number of amides is 3. The van der Waals surface area contributed by atoms with Gasteiger partial charge in [0, 0.05) is 43.5 Å².